The van der Waals surface area contributed by atoms with Gasteiger partial charge in [-0.15, -0.1) is 0 Å². The van der Waals surface area contributed by atoms with E-state index in [1.54, 1.807) is 47.3 Å². The summed E-state index contributed by atoms with van der Waals surface area (Å²) in [4.78, 5) is 37.5. The predicted octanol–water partition coefficient (Wildman–Crippen LogP) is 8.14. The van der Waals surface area contributed by atoms with E-state index in [1.807, 2.05) is 61.5 Å². The number of carbonyl (C=O) groups is 2. The van der Waals surface area contributed by atoms with Gasteiger partial charge in [0.2, 0.25) is 11.8 Å². The van der Waals surface area contributed by atoms with Gasteiger partial charge < -0.3 is 25.4 Å². The molecule has 0 unspecified atom stereocenters. The molecule has 4 N–H and O–H groups in total. The van der Waals surface area contributed by atoms with E-state index >= 15 is 0 Å². The molecular formula is C41H42ClN9O4. The van der Waals surface area contributed by atoms with Gasteiger partial charge in [0.05, 0.1) is 30.3 Å². The van der Waals surface area contributed by atoms with Gasteiger partial charge in [-0.25, -0.2) is 14.5 Å². The molecule has 1 saturated heterocycles. The van der Waals surface area contributed by atoms with Gasteiger partial charge in [-0.3, -0.25) is 15.0 Å². The highest BCUT2D eigenvalue weighted by molar-refractivity contribution is 6.31. The molecule has 0 bridgehead atoms. The molecule has 13 nitrogen and oxygen atoms in total. The van der Waals surface area contributed by atoms with E-state index in [2.05, 4.69) is 50.0 Å². The average Bonchev–Trinajstić information content (AvgIpc) is 3.60. The fourth-order valence-corrected chi connectivity index (χ4v) is 6.38. The van der Waals surface area contributed by atoms with Crippen molar-refractivity contribution in [3.63, 3.8) is 0 Å². The van der Waals surface area contributed by atoms with Crippen LogP contribution in [0.5, 0.6) is 11.6 Å². The molecule has 3 amide bonds. The van der Waals surface area contributed by atoms with Crippen LogP contribution in [0, 0.1) is 6.92 Å². The maximum Gasteiger partial charge on any atom is 0.324 e. The van der Waals surface area contributed by atoms with Crippen molar-refractivity contribution in [2.24, 2.45) is 0 Å². The number of nitrogens with zero attached hydrogens (tertiary/aromatic N) is 5. The summed E-state index contributed by atoms with van der Waals surface area (Å²) in [6.45, 7) is 10.5. The van der Waals surface area contributed by atoms with Crippen molar-refractivity contribution < 1.29 is 19.1 Å². The van der Waals surface area contributed by atoms with Crippen molar-refractivity contribution in [2.45, 2.75) is 26.7 Å². The summed E-state index contributed by atoms with van der Waals surface area (Å²) >= 11 is 6.40. The Morgan fingerprint density at radius 1 is 0.927 bits per heavy atom. The Labute approximate surface area is 324 Å². The summed E-state index contributed by atoms with van der Waals surface area (Å²) in [5.41, 5.74) is 4.39. The van der Waals surface area contributed by atoms with Crippen LogP contribution in [0.25, 0.3) is 16.5 Å². The maximum absolute atomic E-state index is 13.4. The lowest BCUT2D eigenvalue weighted by atomic mass is 10.1. The van der Waals surface area contributed by atoms with Crippen LogP contribution in [0.3, 0.4) is 0 Å². The molecule has 3 heterocycles. The minimum absolute atomic E-state index is 0.174. The molecule has 1 aliphatic heterocycles. The molecule has 1 aliphatic rings. The second-order valence-electron chi connectivity index (χ2n) is 13.5. The molecule has 6 aromatic rings. The van der Waals surface area contributed by atoms with Crippen molar-refractivity contribution in [1.29, 1.82) is 0 Å². The van der Waals surface area contributed by atoms with Crippen molar-refractivity contribution >= 4 is 57.5 Å². The summed E-state index contributed by atoms with van der Waals surface area (Å²) in [5.74, 6) is 1.57. The van der Waals surface area contributed by atoms with Gasteiger partial charge in [-0.1, -0.05) is 67.4 Å². The molecule has 55 heavy (non-hydrogen) atoms. The third-order valence-electron chi connectivity index (χ3n) is 9.05. The molecule has 14 heteroatoms. The van der Waals surface area contributed by atoms with Crippen molar-refractivity contribution in [2.75, 3.05) is 55.3 Å². The van der Waals surface area contributed by atoms with E-state index in [0.717, 1.165) is 47.4 Å². The zero-order chi connectivity index (χ0) is 38.3. The number of halogens is 1. The number of carbonyl (C=O) groups excluding carboxylic acids is 2. The van der Waals surface area contributed by atoms with Gasteiger partial charge >= 0.3 is 6.03 Å². The summed E-state index contributed by atoms with van der Waals surface area (Å²) < 4.78 is 13.4. The second-order valence-corrected chi connectivity index (χ2v) is 13.9. The molecule has 0 radical (unpaired) electrons. The van der Waals surface area contributed by atoms with Crippen LogP contribution < -0.4 is 26.0 Å². The molecule has 4 aromatic carbocycles. The smallest absolute Gasteiger partial charge is 0.324 e. The molecule has 1 fully saturated rings. The Morgan fingerprint density at radius 3 is 2.49 bits per heavy atom. The number of aryl methyl sites for hydroxylation is 1. The Hall–Kier alpha value is -6.02. The van der Waals surface area contributed by atoms with Crippen LogP contribution in [0.4, 0.5) is 27.9 Å². The van der Waals surface area contributed by atoms with E-state index < -0.39 is 6.03 Å². The molecule has 0 spiro atoms. The van der Waals surface area contributed by atoms with Crippen molar-refractivity contribution in [3.05, 3.63) is 119 Å². The Kier molecular flexibility index (Phi) is 11.5. The number of anilines is 4. The van der Waals surface area contributed by atoms with Gasteiger partial charge in [-0.05, 0) is 55.3 Å². The van der Waals surface area contributed by atoms with E-state index in [4.69, 9.17) is 26.2 Å². The number of hydrogen-bond acceptors (Lipinski definition) is 9. The summed E-state index contributed by atoms with van der Waals surface area (Å²) in [6, 6.07) is 27.3. The lowest BCUT2D eigenvalue weighted by Gasteiger charge is -2.26. The van der Waals surface area contributed by atoms with Crippen LogP contribution in [0.1, 0.15) is 41.4 Å². The first-order valence-corrected chi connectivity index (χ1v) is 18.5. The molecule has 0 saturated carbocycles. The van der Waals surface area contributed by atoms with E-state index in [9.17, 15) is 9.59 Å². The zero-order valence-corrected chi connectivity index (χ0v) is 31.6. The number of aromatic nitrogens is 4. The molecule has 7 rings (SSSR count). The normalized spacial score (nSPS) is 13.1. The van der Waals surface area contributed by atoms with E-state index in [1.165, 1.54) is 0 Å². The molecule has 2 aromatic heterocycles. The first kappa shape index (κ1) is 37.3. The Balaban J connectivity index is 1.03. The van der Waals surface area contributed by atoms with Crippen LogP contribution in [-0.4, -0.2) is 76.0 Å². The second kappa shape index (κ2) is 17.0. The molecule has 0 atom stereocenters. The zero-order valence-electron chi connectivity index (χ0n) is 30.8. The highest BCUT2D eigenvalue weighted by Crippen LogP contribution is 2.34. The van der Waals surface area contributed by atoms with Gasteiger partial charge in [-0.2, -0.15) is 10.1 Å². The van der Waals surface area contributed by atoms with E-state index in [0.29, 0.717) is 53.3 Å². The third-order valence-corrected chi connectivity index (χ3v) is 9.27. The SMILES string of the molecule is Cc1ccc(-n2nc(C(C)C)cc2NC(=O)Nc2ccc(Oc3ccnc(Nc4cc(Cl)cc(C(=O)NCCN5CCOCC5)c4)n3)c3ccccc23)cc1. The number of amides is 3. The number of morpholine rings is 1. The summed E-state index contributed by atoms with van der Waals surface area (Å²) in [7, 11) is 0. The first-order chi connectivity index (χ1) is 26.7. The number of fused-ring (bicyclic) bond motifs is 1. The van der Waals surface area contributed by atoms with Gasteiger partial charge in [0.1, 0.15) is 11.6 Å². The number of urea groups is 1. The predicted molar refractivity (Wildman–Crippen MR) is 215 cm³/mol. The fourth-order valence-electron chi connectivity index (χ4n) is 6.14. The number of nitrogens with one attached hydrogen (secondary N) is 4. The Morgan fingerprint density at radius 2 is 1.71 bits per heavy atom. The standard InChI is InChI=1S/C41H42ClN9O4/c1-26(2)35-25-37(51(49-35)31-10-8-27(3)9-11-31)47-41(53)46-34-12-13-36(33-7-5-4-6-32(33)34)55-38-14-15-44-40(48-38)45-30-23-28(22-29(42)24-30)39(52)43-16-17-50-18-20-54-21-19-50/h4-15,22-26H,16-21H2,1-3H3,(H,43,52)(H,44,45,48)(H2,46,47,53). The first-order valence-electron chi connectivity index (χ1n) is 18.1. The highest BCUT2D eigenvalue weighted by Gasteiger charge is 2.17. The van der Waals surface area contributed by atoms with Crippen LogP contribution in [0.2, 0.25) is 5.02 Å². The summed E-state index contributed by atoms with van der Waals surface area (Å²) in [5, 5.41) is 18.8. The number of benzene rings is 4. The topological polar surface area (TPSA) is 148 Å². The molecular weight excluding hydrogens is 718 g/mol. The number of ether oxygens (including phenoxy) is 2. The van der Waals surface area contributed by atoms with E-state index in [-0.39, 0.29) is 23.7 Å². The molecule has 282 valence electrons. The minimum atomic E-state index is -0.413. The third kappa shape index (κ3) is 9.38. The number of rotatable bonds is 12. The van der Waals surface area contributed by atoms with Crippen LogP contribution >= 0.6 is 11.6 Å². The minimum Gasteiger partial charge on any atom is -0.438 e. The van der Waals surface area contributed by atoms with Crippen molar-refractivity contribution in [3.8, 4) is 17.3 Å². The Bertz CT molecular complexity index is 2310. The van der Waals surface area contributed by atoms with Gasteiger partial charge in [0, 0.05) is 71.6 Å². The number of hydrogen-bond donors (Lipinski definition) is 4. The van der Waals surface area contributed by atoms with Gasteiger partial charge in [0.25, 0.3) is 5.91 Å². The lowest BCUT2D eigenvalue weighted by Crippen LogP contribution is -2.41. The monoisotopic (exact) mass is 759 g/mol. The van der Waals surface area contributed by atoms with Gasteiger partial charge in [0.15, 0.2) is 0 Å². The quantitative estimate of drug-likeness (QED) is 0.0971. The van der Waals surface area contributed by atoms with Crippen LogP contribution in [0.15, 0.2) is 97.2 Å². The molecule has 0 aliphatic carbocycles. The van der Waals surface area contributed by atoms with Crippen molar-refractivity contribution in [1.82, 2.24) is 30.0 Å². The van der Waals surface area contributed by atoms with Crippen LogP contribution in [-0.2, 0) is 4.74 Å². The lowest BCUT2D eigenvalue weighted by molar-refractivity contribution is 0.0383. The maximum atomic E-state index is 13.4. The fraction of sp³-hybridized carbons (Fsp3) is 0.244. The highest BCUT2D eigenvalue weighted by atomic mass is 35.5. The largest absolute Gasteiger partial charge is 0.438 e. The average molecular weight is 760 g/mol. The summed E-state index contributed by atoms with van der Waals surface area (Å²) in [6.07, 6.45) is 1.57.